The summed E-state index contributed by atoms with van der Waals surface area (Å²) in [5.41, 5.74) is 1.03. The first-order valence-electron chi connectivity index (χ1n) is 4.99. The van der Waals surface area contributed by atoms with Crippen molar-refractivity contribution in [2.45, 2.75) is 6.92 Å². The van der Waals surface area contributed by atoms with E-state index in [0.717, 1.165) is 0 Å². The van der Waals surface area contributed by atoms with Crippen LogP contribution in [0.2, 0.25) is 0 Å². The number of Topliss-reactive ketones (excluding diaryl/α,β-unsaturated/α-hetero) is 2. The number of ether oxygens (including phenoxy) is 2. The molecule has 5 nitrogen and oxygen atoms in total. The van der Waals surface area contributed by atoms with Gasteiger partial charge >= 0.3 is 0 Å². The van der Waals surface area contributed by atoms with Gasteiger partial charge in [-0.05, 0) is 19.1 Å². The van der Waals surface area contributed by atoms with Crippen molar-refractivity contribution < 1.29 is 19.1 Å². The first-order valence-corrected chi connectivity index (χ1v) is 4.99. The molecular formula is C12H11NO4. The minimum absolute atomic E-state index is 0.0735. The van der Waals surface area contributed by atoms with Crippen LogP contribution in [0.4, 0.5) is 0 Å². The van der Waals surface area contributed by atoms with Crippen molar-refractivity contribution in [3.05, 3.63) is 40.6 Å². The SMILES string of the molecule is COC1=C(OC)C(=O)c2nc(C)ccc2C1=O. The highest BCUT2D eigenvalue weighted by atomic mass is 16.5. The lowest BCUT2D eigenvalue weighted by molar-refractivity contribution is 0.0825. The number of fused-ring (bicyclic) bond motifs is 1. The number of aromatic nitrogens is 1. The number of rotatable bonds is 2. The molecule has 88 valence electrons. The molecule has 0 spiro atoms. The fraction of sp³-hybridized carbons (Fsp3) is 0.250. The summed E-state index contributed by atoms with van der Waals surface area (Å²) in [6.07, 6.45) is 0. The molecular weight excluding hydrogens is 222 g/mol. The smallest absolute Gasteiger partial charge is 0.250 e. The van der Waals surface area contributed by atoms with E-state index in [-0.39, 0.29) is 28.6 Å². The summed E-state index contributed by atoms with van der Waals surface area (Å²) in [6, 6.07) is 3.25. The molecule has 2 rings (SSSR count). The normalized spacial score (nSPS) is 14.8. The molecule has 0 aliphatic heterocycles. The standard InChI is InChI=1S/C12H11NO4/c1-6-4-5-7-8(13-6)10(15)12(17-3)11(16-2)9(7)14/h4-5H,1-3H3. The maximum Gasteiger partial charge on any atom is 0.250 e. The number of pyridine rings is 1. The predicted octanol–water partition coefficient (Wildman–Crippen LogP) is 1.27. The first-order chi connectivity index (χ1) is 8.10. The van der Waals surface area contributed by atoms with E-state index < -0.39 is 5.78 Å². The van der Waals surface area contributed by atoms with Gasteiger partial charge < -0.3 is 9.47 Å². The molecule has 1 aromatic rings. The molecule has 0 N–H and O–H groups in total. The van der Waals surface area contributed by atoms with Gasteiger partial charge in [0.1, 0.15) is 5.69 Å². The Balaban J connectivity index is 2.68. The summed E-state index contributed by atoms with van der Waals surface area (Å²) in [4.78, 5) is 28.1. The number of ketones is 2. The van der Waals surface area contributed by atoms with Crippen LogP contribution in [-0.4, -0.2) is 30.8 Å². The summed E-state index contributed by atoms with van der Waals surface area (Å²) >= 11 is 0. The van der Waals surface area contributed by atoms with Crippen molar-refractivity contribution in [1.29, 1.82) is 0 Å². The quantitative estimate of drug-likeness (QED) is 0.769. The zero-order chi connectivity index (χ0) is 12.6. The number of nitrogens with zero attached hydrogens (tertiary/aromatic N) is 1. The predicted molar refractivity (Wildman–Crippen MR) is 58.7 cm³/mol. The summed E-state index contributed by atoms with van der Waals surface area (Å²) in [5.74, 6) is -0.979. The number of hydrogen-bond acceptors (Lipinski definition) is 5. The lowest BCUT2D eigenvalue weighted by Gasteiger charge is -2.18. The number of hydrogen-bond donors (Lipinski definition) is 0. The van der Waals surface area contributed by atoms with Gasteiger partial charge in [0.15, 0.2) is 0 Å². The van der Waals surface area contributed by atoms with E-state index in [1.165, 1.54) is 14.2 Å². The molecule has 5 heteroatoms. The molecule has 0 amide bonds. The van der Waals surface area contributed by atoms with E-state index in [2.05, 4.69) is 4.98 Å². The largest absolute Gasteiger partial charge is 0.489 e. The molecule has 0 radical (unpaired) electrons. The summed E-state index contributed by atoms with van der Waals surface area (Å²) < 4.78 is 9.84. The Bertz CT molecular complexity index is 545. The zero-order valence-electron chi connectivity index (χ0n) is 9.73. The molecule has 0 saturated carbocycles. The second-order valence-electron chi connectivity index (χ2n) is 3.57. The minimum Gasteiger partial charge on any atom is -0.489 e. The number of allylic oxidation sites excluding steroid dienone is 2. The highest BCUT2D eigenvalue weighted by Crippen LogP contribution is 2.25. The topological polar surface area (TPSA) is 65.5 Å². The van der Waals surface area contributed by atoms with Crippen molar-refractivity contribution >= 4 is 11.6 Å². The van der Waals surface area contributed by atoms with Gasteiger partial charge in [0.05, 0.1) is 19.8 Å². The Morgan fingerprint density at radius 3 is 2.18 bits per heavy atom. The van der Waals surface area contributed by atoms with Gasteiger partial charge in [0, 0.05) is 5.69 Å². The van der Waals surface area contributed by atoms with E-state index in [0.29, 0.717) is 5.69 Å². The van der Waals surface area contributed by atoms with Gasteiger partial charge in [-0.25, -0.2) is 4.98 Å². The lowest BCUT2D eigenvalue weighted by atomic mass is 9.96. The summed E-state index contributed by atoms with van der Waals surface area (Å²) in [6.45, 7) is 1.75. The van der Waals surface area contributed by atoms with Crippen LogP contribution in [0.25, 0.3) is 0 Å². The summed E-state index contributed by atoms with van der Waals surface area (Å²) in [5, 5.41) is 0. The van der Waals surface area contributed by atoms with Crippen molar-refractivity contribution in [1.82, 2.24) is 4.98 Å². The molecule has 0 saturated heterocycles. The van der Waals surface area contributed by atoms with Crippen LogP contribution in [0.3, 0.4) is 0 Å². The summed E-state index contributed by atoms with van der Waals surface area (Å²) in [7, 11) is 2.65. The molecule has 0 fully saturated rings. The van der Waals surface area contributed by atoms with Gasteiger partial charge in [0.2, 0.25) is 17.3 Å². The highest BCUT2D eigenvalue weighted by Gasteiger charge is 2.35. The van der Waals surface area contributed by atoms with Crippen LogP contribution < -0.4 is 0 Å². The van der Waals surface area contributed by atoms with E-state index >= 15 is 0 Å². The first kappa shape index (κ1) is 11.3. The van der Waals surface area contributed by atoms with Gasteiger partial charge in [0.25, 0.3) is 5.78 Å². The molecule has 1 aliphatic rings. The molecule has 1 heterocycles. The Labute approximate surface area is 98.1 Å². The van der Waals surface area contributed by atoms with E-state index in [1.54, 1.807) is 19.1 Å². The van der Waals surface area contributed by atoms with Crippen molar-refractivity contribution in [2.75, 3.05) is 14.2 Å². The maximum absolute atomic E-state index is 12.0. The van der Waals surface area contributed by atoms with Crippen LogP contribution in [0.1, 0.15) is 26.5 Å². The van der Waals surface area contributed by atoms with Crippen molar-refractivity contribution in [3.63, 3.8) is 0 Å². The van der Waals surface area contributed by atoms with E-state index in [9.17, 15) is 9.59 Å². The minimum atomic E-state index is -0.428. The van der Waals surface area contributed by atoms with Gasteiger partial charge in [-0.2, -0.15) is 0 Å². The molecule has 0 aromatic carbocycles. The molecule has 0 bridgehead atoms. The van der Waals surface area contributed by atoms with Crippen molar-refractivity contribution in [2.24, 2.45) is 0 Å². The van der Waals surface area contributed by atoms with E-state index in [1.807, 2.05) is 0 Å². The number of methoxy groups -OCH3 is 2. The fourth-order valence-corrected chi connectivity index (χ4v) is 1.72. The van der Waals surface area contributed by atoms with Crippen molar-refractivity contribution in [3.8, 4) is 0 Å². The molecule has 1 aliphatic carbocycles. The fourth-order valence-electron chi connectivity index (χ4n) is 1.72. The molecule has 1 aromatic heterocycles. The second-order valence-corrected chi connectivity index (χ2v) is 3.57. The van der Waals surface area contributed by atoms with Gasteiger partial charge in [-0.1, -0.05) is 0 Å². The second kappa shape index (κ2) is 4.01. The van der Waals surface area contributed by atoms with E-state index in [4.69, 9.17) is 9.47 Å². The van der Waals surface area contributed by atoms with Gasteiger partial charge in [-0.15, -0.1) is 0 Å². The Kier molecular flexibility index (Phi) is 2.67. The Morgan fingerprint density at radius 1 is 1.00 bits per heavy atom. The number of aryl methyl sites for hydroxylation is 1. The monoisotopic (exact) mass is 233 g/mol. The molecule has 17 heavy (non-hydrogen) atoms. The third kappa shape index (κ3) is 1.60. The third-order valence-corrected chi connectivity index (χ3v) is 2.52. The van der Waals surface area contributed by atoms with Crippen LogP contribution in [-0.2, 0) is 9.47 Å². The molecule has 0 unspecified atom stereocenters. The number of carbonyl (C=O) groups excluding carboxylic acids is 2. The molecule has 0 atom stereocenters. The number of carbonyl (C=O) groups is 2. The maximum atomic E-state index is 12.0. The highest BCUT2D eigenvalue weighted by molar-refractivity contribution is 6.24. The van der Waals surface area contributed by atoms with Crippen LogP contribution in [0, 0.1) is 6.92 Å². The van der Waals surface area contributed by atoms with Gasteiger partial charge in [-0.3, -0.25) is 9.59 Å². The zero-order valence-corrected chi connectivity index (χ0v) is 9.73. The third-order valence-electron chi connectivity index (χ3n) is 2.52. The average Bonchev–Trinajstić information content (AvgIpc) is 2.33. The average molecular weight is 233 g/mol. The Hall–Kier alpha value is -2.17. The lowest BCUT2D eigenvalue weighted by Crippen LogP contribution is -2.25. The van der Waals surface area contributed by atoms with Crippen LogP contribution >= 0.6 is 0 Å². The Morgan fingerprint density at radius 2 is 1.59 bits per heavy atom. The van der Waals surface area contributed by atoms with Crippen LogP contribution in [0.15, 0.2) is 23.7 Å². The van der Waals surface area contributed by atoms with Crippen LogP contribution in [0.5, 0.6) is 0 Å².